The molecular formula is C16H18N2OS. The second-order valence-electron chi connectivity index (χ2n) is 5.81. The molecule has 1 aromatic heterocycles. The monoisotopic (exact) mass is 286 g/mol. The fourth-order valence-corrected chi connectivity index (χ4v) is 3.66. The standard InChI is InChI=1S/C16H18N2OS/c1-10-2-4-13(17-7-10)11-3-5-15-14(6-11)18-16(20-15)12-8-19-9-12/h3-6,10,12,17H,2,7-9H2,1H3/t10-/m0/s1. The number of nitrogens with one attached hydrogen (secondary N) is 1. The minimum atomic E-state index is 0.517. The molecule has 0 aliphatic carbocycles. The van der Waals surface area contributed by atoms with E-state index in [9.17, 15) is 0 Å². The van der Waals surface area contributed by atoms with E-state index in [0.29, 0.717) is 5.92 Å². The minimum Gasteiger partial charge on any atom is -0.385 e. The van der Waals surface area contributed by atoms with Crippen LogP contribution in [0.15, 0.2) is 24.3 Å². The van der Waals surface area contributed by atoms with Gasteiger partial charge in [-0.25, -0.2) is 4.98 Å². The van der Waals surface area contributed by atoms with Crippen LogP contribution in [0.5, 0.6) is 0 Å². The van der Waals surface area contributed by atoms with Gasteiger partial charge in [-0.15, -0.1) is 11.3 Å². The van der Waals surface area contributed by atoms with E-state index < -0.39 is 0 Å². The van der Waals surface area contributed by atoms with Gasteiger partial charge in [0.05, 0.1) is 29.3 Å². The fourth-order valence-electron chi connectivity index (χ4n) is 2.64. The Labute approximate surface area is 122 Å². The van der Waals surface area contributed by atoms with E-state index in [2.05, 4.69) is 36.5 Å². The molecule has 3 nitrogen and oxygen atoms in total. The van der Waals surface area contributed by atoms with Crippen molar-refractivity contribution >= 4 is 27.3 Å². The molecule has 0 amide bonds. The summed E-state index contributed by atoms with van der Waals surface area (Å²) in [5.74, 6) is 1.25. The van der Waals surface area contributed by atoms with Crippen LogP contribution in [-0.4, -0.2) is 24.7 Å². The van der Waals surface area contributed by atoms with E-state index in [1.165, 1.54) is 21.0 Å². The molecule has 1 saturated heterocycles. The molecule has 0 saturated carbocycles. The predicted octanol–water partition coefficient (Wildman–Crippen LogP) is 3.38. The van der Waals surface area contributed by atoms with Crippen LogP contribution in [0.3, 0.4) is 0 Å². The van der Waals surface area contributed by atoms with Crippen LogP contribution in [-0.2, 0) is 4.74 Å². The number of thiazole rings is 1. The van der Waals surface area contributed by atoms with Crippen molar-refractivity contribution in [2.45, 2.75) is 19.3 Å². The van der Waals surface area contributed by atoms with Crippen molar-refractivity contribution in [2.75, 3.05) is 19.8 Å². The quantitative estimate of drug-likeness (QED) is 0.919. The lowest BCUT2D eigenvalue weighted by Gasteiger charge is -2.23. The average Bonchev–Trinajstić information content (AvgIpc) is 2.79. The number of hydrogen-bond donors (Lipinski definition) is 1. The van der Waals surface area contributed by atoms with E-state index in [-0.39, 0.29) is 0 Å². The van der Waals surface area contributed by atoms with E-state index in [1.807, 2.05) is 0 Å². The maximum atomic E-state index is 5.26. The summed E-state index contributed by atoms with van der Waals surface area (Å²) in [5.41, 5.74) is 3.63. The Morgan fingerprint density at radius 1 is 1.35 bits per heavy atom. The molecule has 1 fully saturated rings. The maximum absolute atomic E-state index is 5.26. The largest absolute Gasteiger partial charge is 0.385 e. The molecule has 2 aliphatic heterocycles. The Hall–Kier alpha value is -1.39. The third-order valence-corrected chi connectivity index (χ3v) is 5.27. The van der Waals surface area contributed by atoms with Crippen molar-refractivity contribution in [3.63, 3.8) is 0 Å². The first-order chi connectivity index (χ1) is 9.79. The van der Waals surface area contributed by atoms with Crippen molar-refractivity contribution in [3.8, 4) is 0 Å². The molecular weight excluding hydrogens is 268 g/mol. The molecule has 1 N–H and O–H groups in total. The van der Waals surface area contributed by atoms with Crippen LogP contribution >= 0.6 is 11.3 Å². The number of fused-ring (bicyclic) bond motifs is 1. The normalized spacial score (nSPS) is 23.2. The Balaban J connectivity index is 1.67. The third-order valence-electron chi connectivity index (χ3n) is 4.07. The Kier molecular flexibility index (Phi) is 3.00. The van der Waals surface area contributed by atoms with Gasteiger partial charge in [0.15, 0.2) is 0 Å². The summed E-state index contributed by atoms with van der Waals surface area (Å²) in [6, 6.07) is 6.62. The first-order valence-electron chi connectivity index (χ1n) is 7.22. The first-order valence-corrected chi connectivity index (χ1v) is 8.04. The topological polar surface area (TPSA) is 34.1 Å². The number of hydrogen-bond acceptors (Lipinski definition) is 4. The van der Waals surface area contributed by atoms with E-state index >= 15 is 0 Å². The number of nitrogens with zero attached hydrogens (tertiary/aromatic N) is 1. The molecule has 2 aliphatic rings. The Bertz CT molecular complexity index is 672. The number of rotatable bonds is 2. The highest BCUT2D eigenvalue weighted by Crippen LogP contribution is 2.33. The van der Waals surface area contributed by atoms with Crippen LogP contribution in [0.25, 0.3) is 15.9 Å². The number of allylic oxidation sites excluding steroid dienone is 1. The highest BCUT2D eigenvalue weighted by molar-refractivity contribution is 7.18. The van der Waals surface area contributed by atoms with E-state index in [0.717, 1.165) is 37.6 Å². The number of aromatic nitrogens is 1. The molecule has 4 heteroatoms. The van der Waals surface area contributed by atoms with Crippen molar-refractivity contribution in [3.05, 3.63) is 34.8 Å². The van der Waals surface area contributed by atoms with Crippen LogP contribution in [0.2, 0.25) is 0 Å². The van der Waals surface area contributed by atoms with Gasteiger partial charge in [0.2, 0.25) is 0 Å². The first kappa shape index (κ1) is 12.4. The van der Waals surface area contributed by atoms with E-state index in [4.69, 9.17) is 9.72 Å². The zero-order chi connectivity index (χ0) is 13.5. The number of benzene rings is 1. The second kappa shape index (κ2) is 4.86. The van der Waals surface area contributed by atoms with Gasteiger partial charge in [0, 0.05) is 12.2 Å². The SMILES string of the molecule is C[C@H]1CC=C(c2ccc3sc(C4COC4)nc3c2)NC1. The summed E-state index contributed by atoms with van der Waals surface area (Å²) < 4.78 is 6.54. The summed E-state index contributed by atoms with van der Waals surface area (Å²) in [6.07, 6.45) is 3.46. The van der Waals surface area contributed by atoms with Gasteiger partial charge in [0.1, 0.15) is 5.01 Å². The summed E-state index contributed by atoms with van der Waals surface area (Å²) in [4.78, 5) is 4.79. The molecule has 3 heterocycles. The minimum absolute atomic E-state index is 0.517. The van der Waals surface area contributed by atoms with Crippen LogP contribution in [0.4, 0.5) is 0 Å². The van der Waals surface area contributed by atoms with Gasteiger partial charge in [-0.3, -0.25) is 0 Å². The molecule has 1 atom stereocenters. The van der Waals surface area contributed by atoms with Crippen molar-refractivity contribution in [1.82, 2.24) is 10.3 Å². The van der Waals surface area contributed by atoms with Crippen LogP contribution in [0.1, 0.15) is 29.8 Å². The zero-order valence-corrected chi connectivity index (χ0v) is 12.4. The van der Waals surface area contributed by atoms with Gasteiger partial charge in [-0.2, -0.15) is 0 Å². The summed E-state index contributed by atoms with van der Waals surface area (Å²) in [7, 11) is 0. The van der Waals surface area contributed by atoms with Gasteiger partial charge in [-0.1, -0.05) is 19.1 Å². The molecule has 0 bridgehead atoms. The lowest BCUT2D eigenvalue weighted by Crippen LogP contribution is -2.24. The molecule has 0 unspecified atom stereocenters. The molecule has 104 valence electrons. The summed E-state index contributed by atoms with van der Waals surface area (Å²) in [6.45, 7) is 5.00. The van der Waals surface area contributed by atoms with Gasteiger partial charge in [-0.05, 0) is 30.0 Å². The molecule has 1 aromatic carbocycles. The fraction of sp³-hybridized carbons (Fsp3) is 0.438. The molecule has 0 radical (unpaired) electrons. The molecule has 0 spiro atoms. The van der Waals surface area contributed by atoms with Crippen LogP contribution in [0, 0.1) is 5.92 Å². The third kappa shape index (κ3) is 2.13. The smallest absolute Gasteiger partial charge is 0.102 e. The molecule has 4 rings (SSSR count). The summed E-state index contributed by atoms with van der Waals surface area (Å²) in [5, 5.41) is 4.74. The Morgan fingerprint density at radius 3 is 2.95 bits per heavy atom. The highest BCUT2D eigenvalue weighted by atomic mass is 32.1. The van der Waals surface area contributed by atoms with Gasteiger partial charge in [0.25, 0.3) is 0 Å². The van der Waals surface area contributed by atoms with Crippen molar-refractivity contribution in [1.29, 1.82) is 0 Å². The number of ether oxygens (including phenoxy) is 1. The van der Waals surface area contributed by atoms with E-state index in [1.54, 1.807) is 11.3 Å². The second-order valence-corrected chi connectivity index (χ2v) is 6.87. The Morgan fingerprint density at radius 2 is 2.25 bits per heavy atom. The predicted molar refractivity (Wildman–Crippen MR) is 82.9 cm³/mol. The van der Waals surface area contributed by atoms with Crippen molar-refractivity contribution < 1.29 is 4.74 Å². The maximum Gasteiger partial charge on any atom is 0.102 e. The average molecular weight is 286 g/mol. The lowest BCUT2D eigenvalue weighted by molar-refractivity contribution is 0.00842. The van der Waals surface area contributed by atoms with Gasteiger partial charge < -0.3 is 10.1 Å². The van der Waals surface area contributed by atoms with Gasteiger partial charge >= 0.3 is 0 Å². The molecule has 2 aromatic rings. The molecule has 20 heavy (non-hydrogen) atoms. The lowest BCUT2D eigenvalue weighted by atomic mass is 10.0. The summed E-state index contributed by atoms with van der Waals surface area (Å²) >= 11 is 1.81. The van der Waals surface area contributed by atoms with Crippen LogP contribution < -0.4 is 5.32 Å². The highest BCUT2D eigenvalue weighted by Gasteiger charge is 2.24. The van der Waals surface area contributed by atoms with Crippen molar-refractivity contribution in [2.24, 2.45) is 5.92 Å². The zero-order valence-electron chi connectivity index (χ0n) is 11.6.